The number of aliphatic hydroxyl groups excluding tert-OH is 1. The molecule has 1 aromatic carbocycles. The lowest BCUT2D eigenvalue weighted by Gasteiger charge is -2.11. The van der Waals surface area contributed by atoms with Crippen LogP contribution in [0.4, 0.5) is 17.1 Å². The molecule has 8 nitrogen and oxygen atoms in total. The van der Waals surface area contributed by atoms with Gasteiger partial charge in [0.25, 0.3) is 11.4 Å². The maximum absolute atomic E-state index is 10.7. The monoisotopic (exact) mass is 241 g/mol. The van der Waals surface area contributed by atoms with Gasteiger partial charge in [0.1, 0.15) is 5.69 Å². The Bertz CT molecular complexity index is 448. The molecular weight excluding hydrogens is 230 g/mol. The topological polar surface area (TPSA) is 119 Å². The zero-order valence-electron chi connectivity index (χ0n) is 8.99. The van der Waals surface area contributed by atoms with Gasteiger partial charge < -0.3 is 10.4 Å². The van der Waals surface area contributed by atoms with Crippen LogP contribution in [0.25, 0.3) is 0 Å². The van der Waals surface area contributed by atoms with E-state index in [9.17, 15) is 20.2 Å². The number of hydrogen-bond donors (Lipinski definition) is 2. The summed E-state index contributed by atoms with van der Waals surface area (Å²) < 4.78 is 0. The molecule has 8 heteroatoms. The quantitative estimate of drug-likeness (QED) is 0.592. The Balaban J connectivity index is 3.13. The fourth-order valence-corrected chi connectivity index (χ4v) is 1.22. The first kappa shape index (κ1) is 12.8. The van der Waals surface area contributed by atoms with Gasteiger partial charge in [-0.15, -0.1) is 0 Å². The Kier molecular flexibility index (Phi) is 3.94. The van der Waals surface area contributed by atoms with Crippen LogP contribution in [0.15, 0.2) is 18.2 Å². The van der Waals surface area contributed by atoms with Gasteiger partial charge in [0, 0.05) is 12.1 Å². The highest BCUT2D eigenvalue weighted by molar-refractivity contribution is 5.65. The summed E-state index contributed by atoms with van der Waals surface area (Å²) in [5, 5.41) is 32.8. The third-order valence-corrected chi connectivity index (χ3v) is 2.06. The van der Waals surface area contributed by atoms with E-state index in [0.29, 0.717) is 0 Å². The number of aliphatic hydroxyl groups is 1. The van der Waals surface area contributed by atoms with Gasteiger partial charge in [0.05, 0.1) is 22.5 Å². The number of rotatable bonds is 5. The average Bonchev–Trinajstić information content (AvgIpc) is 2.28. The van der Waals surface area contributed by atoms with E-state index in [4.69, 9.17) is 5.11 Å². The van der Waals surface area contributed by atoms with Crippen molar-refractivity contribution in [1.29, 1.82) is 0 Å². The molecule has 0 fully saturated rings. The van der Waals surface area contributed by atoms with Crippen LogP contribution in [0.5, 0.6) is 0 Å². The van der Waals surface area contributed by atoms with Gasteiger partial charge in [0.15, 0.2) is 0 Å². The first-order chi connectivity index (χ1) is 7.95. The van der Waals surface area contributed by atoms with Crippen LogP contribution in [0.2, 0.25) is 0 Å². The first-order valence-electron chi connectivity index (χ1n) is 4.76. The van der Waals surface area contributed by atoms with Crippen molar-refractivity contribution in [3.63, 3.8) is 0 Å². The van der Waals surface area contributed by atoms with Gasteiger partial charge in [-0.25, -0.2) is 0 Å². The first-order valence-corrected chi connectivity index (χ1v) is 4.76. The maximum atomic E-state index is 10.7. The molecule has 2 N–H and O–H groups in total. The Morgan fingerprint density at radius 2 is 2.00 bits per heavy atom. The summed E-state index contributed by atoms with van der Waals surface area (Å²) in [6.45, 7) is 1.43. The highest BCUT2D eigenvalue weighted by Gasteiger charge is 2.20. The van der Waals surface area contributed by atoms with E-state index in [1.54, 1.807) is 6.92 Å². The molecule has 0 aromatic heterocycles. The van der Waals surface area contributed by atoms with Crippen molar-refractivity contribution in [3.05, 3.63) is 38.4 Å². The molecule has 0 amide bonds. The van der Waals surface area contributed by atoms with E-state index >= 15 is 0 Å². The van der Waals surface area contributed by atoms with Crippen LogP contribution in [0.1, 0.15) is 6.92 Å². The van der Waals surface area contributed by atoms with E-state index in [1.807, 2.05) is 0 Å². The molecule has 92 valence electrons. The molecule has 1 atom stereocenters. The zero-order valence-corrected chi connectivity index (χ0v) is 8.99. The van der Waals surface area contributed by atoms with Crippen molar-refractivity contribution < 1.29 is 15.0 Å². The number of hydrogen-bond acceptors (Lipinski definition) is 6. The van der Waals surface area contributed by atoms with Gasteiger partial charge in [-0.2, -0.15) is 0 Å². The molecule has 1 rings (SSSR count). The highest BCUT2D eigenvalue weighted by atomic mass is 16.6. The fraction of sp³-hybridized carbons (Fsp3) is 0.333. The molecule has 0 bridgehead atoms. The smallest absolute Gasteiger partial charge is 0.299 e. The Hall–Kier alpha value is -2.22. The van der Waals surface area contributed by atoms with Crippen molar-refractivity contribution in [2.75, 3.05) is 11.9 Å². The van der Waals surface area contributed by atoms with Crippen molar-refractivity contribution in [2.45, 2.75) is 13.0 Å². The maximum Gasteiger partial charge on any atom is 0.299 e. The lowest BCUT2D eigenvalue weighted by molar-refractivity contribution is -0.393. The van der Waals surface area contributed by atoms with Crippen LogP contribution < -0.4 is 5.32 Å². The summed E-state index contributed by atoms with van der Waals surface area (Å²) >= 11 is 0. The summed E-state index contributed by atoms with van der Waals surface area (Å²) in [6.07, 6.45) is 0. The van der Waals surface area contributed by atoms with Crippen LogP contribution in [-0.2, 0) is 0 Å². The molecule has 1 aromatic rings. The Labute approximate surface area is 96.2 Å². The number of nitrogens with zero attached hydrogens (tertiary/aromatic N) is 2. The molecule has 0 radical (unpaired) electrons. The van der Waals surface area contributed by atoms with Gasteiger partial charge in [-0.05, 0) is 13.0 Å². The number of nitro benzene ring substituents is 2. The van der Waals surface area contributed by atoms with E-state index in [0.717, 1.165) is 6.07 Å². The van der Waals surface area contributed by atoms with E-state index in [-0.39, 0.29) is 29.7 Å². The molecule has 17 heavy (non-hydrogen) atoms. The molecule has 0 aliphatic carbocycles. The van der Waals surface area contributed by atoms with Crippen LogP contribution in [0, 0.1) is 20.2 Å². The minimum atomic E-state index is -0.709. The lowest BCUT2D eigenvalue weighted by Crippen LogP contribution is -2.19. The predicted molar refractivity (Wildman–Crippen MR) is 59.9 cm³/mol. The summed E-state index contributed by atoms with van der Waals surface area (Å²) in [7, 11) is 0. The van der Waals surface area contributed by atoms with Gasteiger partial charge in [-0.3, -0.25) is 20.2 Å². The summed E-state index contributed by atoms with van der Waals surface area (Å²) in [5.74, 6) is 0. The predicted octanol–water partition coefficient (Wildman–Crippen LogP) is 1.30. The minimum Gasteiger partial charge on any atom is -0.394 e. The van der Waals surface area contributed by atoms with Crippen molar-refractivity contribution >= 4 is 17.1 Å². The number of benzene rings is 1. The molecule has 0 saturated heterocycles. The molecule has 0 heterocycles. The van der Waals surface area contributed by atoms with E-state index < -0.39 is 9.85 Å². The van der Waals surface area contributed by atoms with Crippen molar-refractivity contribution in [2.24, 2.45) is 0 Å². The second-order valence-electron chi connectivity index (χ2n) is 3.44. The Morgan fingerprint density at radius 1 is 1.35 bits per heavy atom. The molecule has 1 unspecified atom stereocenters. The second kappa shape index (κ2) is 5.21. The number of anilines is 1. The fourth-order valence-electron chi connectivity index (χ4n) is 1.22. The van der Waals surface area contributed by atoms with Gasteiger partial charge >= 0.3 is 0 Å². The number of nitrogens with one attached hydrogen (secondary N) is 1. The standard InChI is InChI=1S/C9H11N3O5/c1-6(5-13)10-8-3-2-7(11(14)15)4-9(8)12(16)17/h2-4,6,10,13H,5H2,1H3. The Morgan fingerprint density at radius 3 is 2.47 bits per heavy atom. The average molecular weight is 241 g/mol. The highest BCUT2D eigenvalue weighted by Crippen LogP contribution is 2.29. The normalized spacial score (nSPS) is 11.9. The molecule has 0 saturated carbocycles. The second-order valence-corrected chi connectivity index (χ2v) is 3.44. The van der Waals surface area contributed by atoms with E-state index in [2.05, 4.69) is 5.32 Å². The zero-order chi connectivity index (χ0) is 13.0. The lowest BCUT2D eigenvalue weighted by atomic mass is 10.2. The summed E-state index contributed by atoms with van der Waals surface area (Å²) in [5.41, 5.74) is -0.597. The van der Waals surface area contributed by atoms with Crippen molar-refractivity contribution in [3.8, 4) is 0 Å². The molecule has 0 spiro atoms. The van der Waals surface area contributed by atoms with Gasteiger partial charge in [-0.1, -0.05) is 0 Å². The van der Waals surface area contributed by atoms with Crippen molar-refractivity contribution in [1.82, 2.24) is 0 Å². The third-order valence-electron chi connectivity index (χ3n) is 2.06. The molecular formula is C9H11N3O5. The van der Waals surface area contributed by atoms with Crippen LogP contribution in [-0.4, -0.2) is 27.6 Å². The van der Waals surface area contributed by atoms with Gasteiger partial charge in [0.2, 0.25) is 0 Å². The minimum absolute atomic E-state index is 0.141. The molecule has 0 aliphatic heterocycles. The van der Waals surface area contributed by atoms with E-state index in [1.165, 1.54) is 12.1 Å². The SMILES string of the molecule is CC(CO)Nc1ccc([N+](=O)[O-])cc1[N+](=O)[O-]. The van der Waals surface area contributed by atoms with Crippen LogP contribution >= 0.6 is 0 Å². The third kappa shape index (κ3) is 3.11. The van der Waals surface area contributed by atoms with Crippen LogP contribution in [0.3, 0.4) is 0 Å². The summed E-state index contributed by atoms with van der Waals surface area (Å²) in [6, 6.07) is 2.92. The largest absolute Gasteiger partial charge is 0.394 e. The summed E-state index contributed by atoms with van der Waals surface area (Å²) in [4.78, 5) is 19.8. The number of non-ortho nitro benzene ring substituents is 1. The molecule has 0 aliphatic rings. The number of nitro groups is 2.